The van der Waals surface area contributed by atoms with Crippen molar-refractivity contribution >= 4 is 23.5 Å². The maximum atomic E-state index is 11.5. The zero-order chi connectivity index (χ0) is 10.7. The number of aromatic nitrogens is 2. The van der Waals surface area contributed by atoms with Crippen LogP contribution in [0.5, 0.6) is 0 Å². The second-order valence-corrected chi connectivity index (χ2v) is 3.87. The molecule has 5 nitrogen and oxygen atoms in total. The van der Waals surface area contributed by atoms with Gasteiger partial charge in [0, 0.05) is 12.6 Å². The monoisotopic (exact) mass is 226 g/mol. The topological polar surface area (TPSA) is 66.9 Å². The molecule has 0 unspecified atom stereocenters. The zero-order valence-corrected chi connectivity index (χ0v) is 8.79. The number of rotatable bonds is 3. The van der Waals surface area contributed by atoms with Gasteiger partial charge in [-0.2, -0.15) is 0 Å². The summed E-state index contributed by atoms with van der Waals surface area (Å²) in [5, 5.41) is 6.04. The van der Waals surface area contributed by atoms with E-state index < -0.39 is 0 Å². The molecule has 0 atom stereocenters. The lowest BCUT2D eigenvalue weighted by Gasteiger charge is -2.26. The molecule has 2 rings (SSSR count). The van der Waals surface area contributed by atoms with Crippen LogP contribution in [0.15, 0.2) is 12.3 Å². The van der Waals surface area contributed by atoms with E-state index in [0.717, 1.165) is 13.1 Å². The van der Waals surface area contributed by atoms with Gasteiger partial charge in [0.1, 0.15) is 5.15 Å². The Hall–Kier alpha value is -1.20. The van der Waals surface area contributed by atoms with Gasteiger partial charge >= 0.3 is 0 Å². The zero-order valence-electron chi connectivity index (χ0n) is 8.03. The molecule has 2 heterocycles. The minimum Gasteiger partial charge on any atom is -0.316 e. The number of hydrogen-bond acceptors (Lipinski definition) is 4. The van der Waals surface area contributed by atoms with E-state index in [0.29, 0.717) is 17.5 Å². The standard InChI is InChI=1S/C9H11ClN4O/c10-7-1-2-12-9(13-7)14-8(15)3-6-4-11-5-6/h1-2,6,11H,3-5H2,(H,12,13,14,15). The molecule has 1 aromatic heterocycles. The van der Waals surface area contributed by atoms with E-state index in [4.69, 9.17) is 11.6 Å². The van der Waals surface area contributed by atoms with Crippen molar-refractivity contribution in [2.75, 3.05) is 18.4 Å². The summed E-state index contributed by atoms with van der Waals surface area (Å²) in [6.07, 6.45) is 2.01. The van der Waals surface area contributed by atoms with E-state index >= 15 is 0 Å². The third-order valence-electron chi connectivity index (χ3n) is 2.21. The molecule has 80 valence electrons. The van der Waals surface area contributed by atoms with Crippen molar-refractivity contribution in [3.8, 4) is 0 Å². The molecule has 15 heavy (non-hydrogen) atoms. The summed E-state index contributed by atoms with van der Waals surface area (Å²) in [6.45, 7) is 1.81. The molecule has 6 heteroatoms. The fraction of sp³-hybridized carbons (Fsp3) is 0.444. The summed E-state index contributed by atoms with van der Waals surface area (Å²) in [5.41, 5.74) is 0. The lowest BCUT2D eigenvalue weighted by atomic mass is 9.99. The Morgan fingerprint density at radius 3 is 3.07 bits per heavy atom. The first-order valence-electron chi connectivity index (χ1n) is 4.73. The average molecular weight is 227 g/mol. The summed E-state index contributed by atoms with van der Waals surface area (Å²) in [4.78, 5) is 19.2. The lowest BCUT2D eigenvalue weighted by molar-refractivity contribution is -0.117. The van der Waals surface area contributed by atoms with Crippen molar-refractivity contribution in [3.63, 3.8) is 0 Å². The minimum atomic E-state index is -0.0660. The average Bonchev–Trinajstić information content (AvgIpc) is 2.11. The number of hydrogen-bond donors (Lipinski definition) is 2. The summed E-state index contributed by atoms with van der Waals surface area (Å²) < 4.78 is 0. The summed E-state index contributed by atoms with van der Waals surface area (Å²) in [5.74, 6) is 0.632. The second-order valence-electron chi connectivity index (χ2n) is 3.48. The molecular formula is C9H11ClN4O. The van der Waals surface area contributed by atoms with Gasteiger partial charge in [-0.25, -0.2) is 9.97 Å². The molecule has 0 spiro atoms. The number of anilines is 1. The van der Waals surface area contributed by atoms with Gasteiger partial charge in [0.25, 0.3) is 0 Å². The van der Waals surface area contributed by atoms with Gasteiger partial charge in [0.2, 0.25) is 11.9 Å². The second kappa shape index (κ2) is 4.55. The molecule has 1 aliphatic heterocycles. The third kappa shape index (κ3) is 2.87. The Labute approximate surface area is 92.3 Å². The number of nitrogens with zero attached hydrogens (tertiary/aromatic N) is 2. The fourth-order valence-corrected chi connectivity index (χ4v) is 1.46. The highest BCUT2D eigenvalue weighted by Crippen LogP contribution is 2.10. The summed E-state index contributed by atoms with van der Waals surface area (Å²) in [7, 11) is 0. The molecule has 1 saturated heterocycles. The lowest BCUT2D eigenvalue weighted by Crippen LogP contribution is -2.43. The van der Waals surface area contributed by atoms with E-state index in [-0.39, 0.29) is 11.9 Å². The van der Waals surface area contributed by atoms with E-state index in [1.807, 2.05) is 0 Å². The highest BCUT2D eigenvalue weighted by Gasteiger charge is 2.20. The van der Waals surface area contributed by atoms with Crippen molar-refractivity contribution in [2.45, 2.75) is 6.42 Å². The quantitative estimate of drug-likeness (QED) is 0.744. The van der Waals surface area contributed by atoms with Gasteiger partial charge in [-0.15, -0.1) is 0 Å². The maximum Gasteiger partial charge on any atom is 0.230 e. The van der Waals surface area contributed by atoms with Gasteiger partial charge in [0.15, 0.2) is 0 Å². The van der Waals surface area contributed by atoms with Gasteiger partial charge in [0.05, 0.1) is 0 Å². The molecular weight excluding hydrogens is 216 g/mol. The molecule has 0 radical (unpaired) electrons. The number of halogens is 1. The normalized spacial score (nSPS) is 15.8. The third-order valence-corrected chi connectivity index (χ3v) is 2.42. The van der Waals surface area contributed by atoms with Crippen molar-refractivity contribution in [1.29, 1.82) is 0 Å². The van der Waals surface area contributed by atoms with Crippen LogP contribution >= 0.6 is 11.6 Å². The van der Waals surface area contributed by atoms with Gasteiger partial charge in [-0.1, -0.05) is 11.6 Å². The van der Waals surface area contributed by atoms with Crippen molar-refractivity contribution < 1.29 is 4.79 Å². The van der Waals surface area contributed by atoms with Crippen LogP contribution in [-0.4, -0.2) is 29.0 Å². The molecule has 0 aliphatic carbocycles. The Balaban J connectivity index is 1.87. The smallest absolute Gasteiger partial charge is 0.230 e. The van der Waals surface area contributed by atoms with Crippen molar-refractivity contribution in [3.05, 3.63) is 17.4 Å². The predicted molar refractivity (Wildman–Crippen MR) is 56.6 cm³/mol. The molecule has 1 amide bonds. The van der Waals surface area contributed by atoms with Crippen LogP contribution in [0.4, 0.5) is 5.95 Å². The number of nitrogens with one attached hydrogen (secondary N) is 2. The molecule has 0 bridgehead atoms. The molecule has 0 saturated carbocycles. The number of carbonyl (C=O) groups excluding carboxylic acids is 1. The Morgan fingerprint density at radius 2 is 2.47 bits per heavy atom. The minimum absolute atomic E-state index is 0.0660. The van der Waals surface area contributed by atoms with Crippen molar-refractivity contribution in [1.82, 2.24) is 15.3 Å². The number of amides is 1. The van der Waals surface area contributed by atoms with Crippen LogP contribution in [-0.2, 0) is 4.79 Å². The predicted octanol–water partition coefficient (Wildman–Crippen LogP) is 0.678. The maximum absolute atomic E-state index is 11.5. The number of carbonyl (C=O) groups is 1. The van der Waals surface area contributed by atoms with Gasteiger partial charge in [-0.05, 0) is 25.1 Å². The highest BCUT2D eigenvalue weighted by molar-refractivity contribution is 6.29. The Kier molecular flexibility index (Phi) is 3.13. The summed E-state index contributed by atoms with van der Waals surface area (Å²) in [6, 6.07) is 1.56. The molecule has 1 aliphatic rings. The van der Waals surface area contributed by atoms with Crippen LogP contribution < -0.4 is 10.6 Å². The van der Waals surface area contributed by atoms with Crippen LogP contribution in [0.25, 0.3) is 0 Å². The van der Waals surface area contributed by atoms with E-state index in [2.05, 4.69) is 20.6 Å². The first-order valence-corrected chi connectivity index (χ1v) is 5.11. The highest BCUT2D eigenvalue weighted by atomic mass is 35.5. The SMILES string of the molecule is O=C(CC1CNC1)Nc1nccc(Cl)n1. The van der Waals surface area contributed by atoms with Crippen LogP contribution in [0, 0.1) is 5.92 Å². The van der Waals surface area contributed by atoms with Gasteiger partial charge in [-0.3, -0.25) is 10.1 Å². The Bertz CT molecular complexity index is 367. The molecule has 1 fully saturated rings. The first-order chi connectivity index (χ1) is 7.24. The van der Waals surface area contributed by atoms with E-state index in [1.54, 1.807) is 6.07 Å². The first kappa shape index (κ1) is 10.3. The molecule has 1 aromatic rings. The molecule has 2 N–H and O–H groups in total. The summed E-state index contributed by atoms with van der Waals surface area (Å²) >= 11 is 5.66. The van der Waals surface area contributed by atoms with Crippen LogP contribution in [0.3, 0.4) is 0 Å². The van der Waals surface area contributed by atoms with Crippen LogP contribution in [0.1, 0.15) is 6.42 Å². The van der Waals surface area contributed by atoms with Gasteiger partial charge < -0.3 is 5.32 Å². The fourth-order valence-electron chi connectivity index (χ4n) is 1.33. The van der Waals surface area contributed by atoms with Crippen molar-refractivity contribution in [2.24, 2.45) is 5.92 Å². The van der Waals surface area contributed by atoms with E-state index in [1.165, 1.54) is 6.20 Å². The van der Waals surface area contributed by atoms with E-state index in [9.17, 15) is 4.79 Å². The Morgan fingerprint density at radius 1 is 1.67 bits per heavy atom. The van der Waals surface area contributed by atoms with Crippen LogP contribution in [0.2, 0.25) is 5.15 Å². The molecule has 0 aromatic carbocycles. The largest absolute Gasteiger partial charge is 0.316 e.